The minimum absolute atomic E-state index is 0.223. The second-order valence-electron chi connectivity index (χ2n) is 7.26. The van der Waals surface area contributed by atoms with Crippen molar-refractivity contribution < 1.29 is 14.4 Å². The Morgan fingerprint density at radius 1 is 1.07 bits per heavy atom. The van der Waals surface area contributed by atoms with Gasteiger partial charge < -0.3 is 10.6 Å². The Morgan fingerprint density at radius 3 is 2.61 bits per heavy atom. The highest BCUT2D eigenvalue weighted by atomic mass is 16.2. The predicted molar refractivity (Wildman–Crippen MR) is 105 cm³/mol. The number of carbonyl (C=O) groups is 3. The monoisotopic (exact) mass is 377 g/mol. The summed E-state index contributed by atoms with van der Waals surface area (Å²) in [6.07, 6.45) is 2.77. The molecule has 2 aromatic rings. The van der Waals surface area contributed by atoms with Crippen molar-refractivity contribution in [2.75, 3.05) is 19.6 Å². The third kappa shape index (κ3) is 3.68. The number of carbonyl (C=O) groups excluding carboxylic acids is 3. The topological polar surface area (TPSA) is 78.5 Å². The van der Waals surface area contributed by atoms with E-state index in [-0.39, 0.29) is 17.7 Å². The van der Waals surface area contributed by atoms with Crippen LogP contribution in [0.2, 0.25) is 0 Å². The molecule has 2 aliphatic rings. The highest BCUT2D eigenvalue weighted by molar-refractivity contribution is 6.22. The van der Waals surface area contributed by atoms with Crippen molar-refractivity contribution in [1.29, 1.82) is 0 Å². The Balaban J connectivity index is 1.43. The molecule has 4 rings (SSSR count). The Morgan fingerprint density at radius 2 is 1.86 bits per heavy atom. The van der Waals surface area contributed by atoms with Gasteiger partial charge in [-0.1, -0.05) is 30.3 Å². The van der Waals surface area contributed by atoms with Crippen LogP contribution in [0.1, 0.15) is 49.5 Å². The molecule has 6 heteroatoms. The van der Waals surface area contributed by atoms with Crippen molar-refractivity contribution in [2.24, 2.45) is 0 Å². The average Bonchev–Trinajstić information content (AvgIpc) is 3.33. The number of hydrogen-bond acceptors (Lipinski definition) is 4. The summed E-state index contributed by atoms with van der Waals surface area (Å²) in [5, 5.41) is 6.24. The molecule has 0 saturated carbocycles. The second-order valence-corrected chi connectivity index (χ2v) is 7.26. The summed E-state index contributed by atoms with van der Waals surface area (Å²) in [6, 6.07) is 14.8. The molecule has 144 valence electrons. The fourth-order valence-corrected chi connectivity index (χ4v) is 3.77. The fraction of sp³-hybridized carbons (Fsp3) is 0.318. The Labute approximate surface area is 163 Å². The molecular weight excluding hydrogens is 354 g/mol. The lowest BCUT2D eigenvalue weighted by atomic mass is 10.1. The minimum atomic E-state index is -0.331. The van der Waals surface area contributed by atoms with Crippen molar-refractivity contribution >= 4 is 17.7 Å². The van der Waals surface area contributed by atoms with Crippen LogP contribution >= 0.6 is 0 Å². The molecule has 0 aromatic heterocycles. The number of imide groups is 1. The van der Waals surface area contributed by atoms with E-state index in [0.29, 0.717) is 42.2 Å². The standard InChI is InChI=1S/C22H23N3O3/c26-20(24-14-17-7-4-11-23-17)16-8-9-18-19(13-16)22(28)25(21(18)27)12-10-15-5-2-1-3-6-15/h1-3,5-6,8-9,13,17,23H,4,7,10-12,14H2,(H,24,26). The molecule has 2 heterocycles. The largest absolute Gasteiger partial charge is 0.350 e. The maximum absolute atomic E-state index is 12.7. The summed E-state index contributed by atoms with van der Waals surface area (Å²) in [7, 11) is 0. The number of nitrogens with one attached hydrogen (secondary N) is 2. The van der Waals surface area contributed by atoms with Crippen LogP contribution in [0.15, 0.2) is 48.5 Å². The summed E-state index contributed by atoms with van der Waals surface area (Å²) in [5.41, 5.74) is 2.15. The molecule has 1 atom stereocenters. The molecule has 1 fully saturated rings. The van der Waals surface area contributed by atoms with Crippen molar-refractivity contribution in [1.82, 2.24) is 15.5 Å². The van der Waals surface area contributed by atoms with E-state index in [1.807, 2.05) is 30.3 Å². The first kappa shape index (κ1) is 18.4. The minimum Gasteiger partial charge on any atom is -0.350 e. The van der Waals surface area contributed by atoms with Crippen molar-refractivity contribution in [3.63, 3.8) is 0 Å². The van der Waals surface area contributed by atoms with Crippen molar-refractivity contribution in [3.8, 4) is 0 Å². The highest BCUT2D eigenvalue weighted by Gasteiger charge is 2.35. The van der Waals surface area contributed by atoms with Crippen LogP contribution in [-0.4, -0.2) is 48.3 Å². The summed E-state index contributed by atoms with van der Waals surface area (Å²) < 4.78 is 0. The number of benzene rings is 2. The van der Waals surface area contributed by atoms with E-state index in [2.05, 4.69) is 10.6 Å². The van der Waals surface area contributed by atoms with Crippen molar-refractivity contribution in [2.45, 2.75) is 25.3 Å². The van der Waals surface area contributed by atoms with Gasteiger partial charge in [-0.05, 0) is 49.6 Å². The molecule has 1 unspecified atom stereocenters. The molecular formula is C22H23N3O3. The van der Waals surface area contributed by atoms with Crippen LogP contribution < -0.4 is 10.6 Å². The lowest BCUT2D eigenvalue weighted by Crippen LogP contribution is -2.37. The van der Waals surface area contributed by atoms with Crippen LogP contribution in [-0.2, 0) is 6.42 Å². The normalized spacial score (nSPS) is 18.4. The number of hydrogen-bond donors (Lipinski definition) is 2. The predicted octanol–water partition coefficient (Wildman–Crippen LogP) is 2.01. The molecule has 0 spiro atoms. The Bertz CT molecular complexity index is 904. The van der Waals surface area contributed by atoms with Crippen molar-refractivity contribution in [3.05, 3.63) is 70.8 Å². The summed E-state index contributed by atoms with van der Waals surface area (Å²) >= 11 is 0. The molecule has 2 aliphatic heterocycles. The fourth-order valence-electron chi connectivity index (χ4n) is 3.77. The van der Waals surface area contributed by atoms with Gasteiger partial charge in [-0.15, -0.1) is 0 Å². The SMILES string of the molecule is O=C(NCC1CCCN1)c1ccc2c(c1)C(=O)N(CCc1ccccc1)C2=O. The van der Waals surface area contributed by atoms with Gasteiger partial charge in [0.1, 0.15) is 0 Å². The quantitative estimate of drug-likeness (QED) is 0.755. The third-order valence-electron chi connectivity index (χ3n) is 5.37. The van der Waals surface area contributed by atoms with Gasteiger partial charge in [0.25, 0.3) is 17.7 Å². The molecule has 6 nitrogen and oxygen atoms in total. The second kappa shape index (κ2) is 7.94. The van der Waals surface area contributed by atoms with Gasteiger partial charge in [0.2, 0.25) is 0 Å². The molecule has 28 heavy (non-hydrogen) atoms. The van der Waals surface area contributed by atoms with Gasteiger partial charge in [-0.3, -0.25) is 19.3 Å². The third-order valence-corrected chi connectivity index (χ3v) is 5.37. The van der Waals surface area contributed by atoms with E-state index in [1.54, 1.807) is 12.1 Å². The molecule has 2 aromatic carbocycles. The number of rotatable bonds is 6. The van der Waals surface area contributed by atoms with Crippen LogP contribution in [0.25, 0.3) is 0 Å². The van der Waals surface area contributed by atoms with Crippen LogP contribution in [0.4, 0.5) is 0 Å². The van der Waals surface area contributed by atoms with Gasteiger partial charge >= 0.3 is 0 Å². The molecule has 2 N–H and O–H groups in total. The van der Waals surface area contributed by atoms with Gasteiger partial charge in [0.15, 0.2) is 0 Å². The van der Waals surface area contributed by atoms with E-state index in [1.165, 1.54) is 11.0 Å². The van der Waals surface area contributed by atoms with Crippen LogP contribution in [0, 0.1) is 0 Å². The molecule has 0 aliphatic carbocycles. The molecule has 0 bridgehead atoms. The zero-order valence-corrected chi connectivity index (χ0v) is 15.6. The van der Waals surface area contributed by atoms with E-state index in [9.17, 15) is 14.4 Å². The summed E-state index contributed by atoms with van der Waals surface area (Å²) in [5.74, 6) is -0.847. The smallest absolute Gasteiger partial charge is 0.261 e. The number of nitrogens with zero attached hydrogens (tertiary/aromatic N) is 1. The zero-order valence-electron chi connectivity index (χ0n) is 15.6. The maximum Gasteiger partial charge on any atom is 0.261 e. The highest BCUT2D eigenvalue weighted by Crippen LogP contribution is 2.24. The molecule has 0 radical (unpaired) electrons. The lowest BCUT2D eigenvalue weighted by Gasteiger charge is -2.13. The number of fused-ring (bicyclic) bond motifs is 1. The van der Waals surface area contributed by atoms with E-state index >= 15 is 0 Å². The summed E-state index contributed by atoms with van der Waals surface area (Å²) in [4.78, 5) is 39.0. The van der Waals surface area contributed by atoms with Crippen LogP contribution in [0.5, 0.6) is 0 Å². The van der Waals surface area contributed by atoms with E-state index in [4.69, 9.17) is 0 Å². The average molecular weight is 377 g/mol. The zero-order chi connectivity index (χ0) is 19.5. The van der Waals surface area contributed by atoms with E-state index < -0.39 is 0 Å². The first-order valence-corrected chi connectivity index (χ1v) is 9.69. The van der Waals surface area contributed by atoms with Gasteiger partial charge in [0, 0.05) is 24.7 Å². The van der Waals surface area contributed by atoms with Gasteiger partial charge in [-0.25, -0.2) is 0 Å². The lowest BCUT2D eigenvalue weighted by molar-refractivity contribution is 0.0656. The number of amides is 3. The maximum atomic E-state index is 12.7. The van der Waals surface area contributed by atoms with E-state index in [0.717, 1.165) is 24.9 Å². The van der Waals surface area contributed by atoms with Gasteiger partial charge in [0.05, 0.1) is 11.1 Å². The first-order chi connectivity index (χ1) is 13.6. The summed E-state index contributed by atoms with van der Waals surface area (Å²) in [6.45, 7) is 1.87. The molecule has 1 saturated heterocycles. The Hall–Kier alpha value is -2.99. The molecule has 3 amide bonds. The van der Waals surface area contributed by atoms with Crippen LogP contribution in [0.3, 0.4) is 0 Å². The Kier molecular flexibility index (Phi) is 5.21. The first-order valence-electron chi connectivity index (χ1n) is 9.69. The van der Waals surface area contributed by atoms with Gasteiger partial charge in [-0.2, -0.15) is 0 Å².